The summed E-state index contributed by atoms with van der Waals surface area (Å²) in [5, 5.41) is 17.0. The number of non-ortho nitro benzene ring substituents is 1. The molecule has 0 spiro atoms. The summed E-state index contributed by atoms with van der Waals surface area (Å²) in [6.45, 7) is 5.64. The van der Waals surface area contributed by atoms with Gasteiger partial charge in [0, 0.05) is 18.1 Å². The number of amides is 1. The van der Waals surface area contributed by atoms with Crippen molar-refractivity contribution in [3.05, 3.63) is 39.9 Å². The van der Waals surface area contributed by atoms with Crippen LogP contribution in [0.5, 0.6) is 0 Å². The fraction of sp³-hybridized carbons (Fsp3) is 0.533. The van der Waals surface area contributed by atoms with Gasteiger partial charge in [0.05, 0.1) is 11.0 Å². The number of carbonyl (C=O) groups excluding carboxylic acids is 1. The van der Waals surface area contributed by atoms with Crippen molar-refractivity contribution in [3.63, 3.8) is 0 Å². The van der Waals surface area contributed by atoms with Crippen molar-refractivity contribution in [1.29, 1.82) is 0 Å². The lowest BCUT2D eigenvalue weighted by molar-refractivity contribution is -0.384. The number of rotatable bonds is 6. The van der Waals surface area contributed by atoms with Crippen LogP contribution in [-0.2, 0) is 4.79 Å². The molecule has 0 saturated carbocycles. The van der Waals surface area contributed by atoms with Crippen molar-refractivity contribution in [2.24, 2.45) is 11.8 Å². The maximum absolute atomic E-state index is 12.3. The van der Waals surface area contributed by atoms with Gasteiger partial charge in [-0.2, -0.15) is 0 Å². The number of nitrogens with one attached hydrogen (secondary N) is 2. The van der Waals surface area contributed by atoms with Gasteiger partial charge < -0.3 is 10.6 Å². The SMILES string of the molecule is CCC(NC(=O)C(C)C1CNC1)c1cccc([N+](=O)[O-])c1. The maximum atomic E-state index is 12.3. The van der Waals surface area contributed by atoms with Crippen LogP contribution in [0.15, 0.2) is 24.3 Å². The molecule has 6 nitrogen and oxygen atoms in total. The molecule has 2 rings (SSSR count). The van der Waals surface area contributed by atoms with E-state index < -0.39 is 4.92 Å². The second-order valence-corrected chi connectivity index (χ2v) is 5.53. The Morgan fingerprint density at radius 2 is 2.24 bits per heavy atom. The number of nitro groups is 1. The molecule has 0 radical (unpaired) electrons. The normalized spacial score (nSPS) is 17.6. The van der Waals surface area contributed by atoms with E-state index in [2.05, 4.69) is 10.6 Å². The van der Waals surface area contributed by atoms with Crippen LogP contribution in [0.25, 0.3) is 0 Å². The summed E-state index contributed by atoms with van der Waals surface area (Å²) < 4.78 is 0. The van der Waals surface area contributed by atoms with E-state index in [1.165, 1.54) is 12.1 Å². The van der Waals surface area contributed by atoms with Crippen LogP contribution in [0, 0.1) is 22.0 Å². The minimum absolute atomic E-state index is 0.0138. The van der Waals surface area contributed by atoms with Crippen molar-refractivity contribution >= 4 is 11.6 Å². The van der Waals surface area contributed by atoms with Crippen molar-refractivity contribution in [3.8, 4) is 0 Å². The summed E-state index contributed by atoms with van der Waals surface area (Å²) in [4.78, 5) is 22.7. The van der Waals surface area contributed by atoms with Gasteiger partial charge in [-0.3, -0.25) is 14.9 Å². The first-order valence-corrected chi connectivity index (χ1v) is 7.28. The first-order valence-electron chi connectivity index (χ1n) is 7.28. The molecule has 114 valence electrons. The molecule has 0 aromatic heterocycles. The van der Waals surface area contributed by atoms with E-state index in [0.29, 0.717) is 12.3 Å². The van der Waals surface area contributed by atoms with Gasteiger partial charge >= 0.3 is 0 Å². The van der Waals surface area contributed by atoms with Crippen LogP contribution in [0.2, 0.25) is 0 Å². The maximum Gasteiger partial charge on any atom is 0.269 e. The van der Waals surface area contributed by atoms with Crippen LogP contribution in [0.4, 0.5) is 5.69 Å². The fourth-order valence-corrected chi connectivity index (χ4v) is 2.46. The van der Waals surface area contributed by atoms with Crippen LogP contribution in [0.3, 0.4) is 0 Å². The van der Waals surface area contributed by atoms with Crippen molar-refractivity contribution in [2.45, 2.75) is 26.3 Å². The molecule has 1 saturated heterocycles. The molecule has 2 atom stereocenters. The van der Waals surface area contributed by atoms with Crippen molar-refractivity contribution in [1.82, 2.24) is 10.6 Å². The van der Waals surface area contributed by atoms with Gasteiger partial charge in [0.25, 0.3) is 5.69 Å². The molecule has 2 unspecified atom stereocenters. The lowest BCUT2D eigenvalue weighted by Crippen LogP contribution is -2.50. The highest BCUT2D eigenvalue weighted by Gasteiger charge is 2.29. The Labute approximate surface area is 124 Å². The third-order valence-corrected chi connectivity index (χ3v) is 4.14. The summed E-state index contributed by atoms with van der Waals surface area (Å²) in [5.74, 6) is 0.353. The summed E-state index contributed by atoms with van der Waals surface area (Å²) in [5.41, 5.74) is 0.829. The molecular weight excluding hydrogens is 270 g/mol. The fourth-order valence-electron chi connectivity index (χ4n) is 2.46. The zero-order valence-electron chi connectivity index (χ0n) is 12.3. The van der Waals surface area contributed by atoms with E-state index in [1.807, 2.05) is 19.9 Å². The first kappa shape index (κ1) is 15.4. The monoisotopic (exact) mass is 291 g/mol. The molecule has 0 bridgehead atoms. The van der Waals surface area contributed by atoms with E-state index >= 15 is 0 Å². The van der Waals surface area contributed by atoms with Gasteiger partial charge in [-0.05, 0) is 31.0 Å². The minimum Gasteiger partial charge on any atom is -0.349 e. The molecule has 0 aliphatic carbocycles. The molecule has 1 aromatic carbocycles. The summed E-state index contributed by atoms with van der Waals surface area (Å²) in [6, 6.07) is 6.27. The summed E-state index contributed by atoms with van der Waals surface area (Å²) in [7, 11) is 0. The van der Waals surface area contributed by atoms with Crippen LogP contribution < -0.4 is 10.6 Å². The van der Waals surface area contributed by atoms with E-state index in [1.54, 1.807) is 6.07 Å². The summed E-state index contributed by atoms with van der Waals surface area (Å²) in [6.07, 6.45) is 0.697. The molecule has 2 N–H and O–H groups in total. The topological polar surface area (TPSA) is 84.3 Å². The predicted molar refractivity (Wildman–Crippen MR) is 79.8 cm³/mol. The van der Waals surface area contributed by atoms with Gasteiger partial charge in [0.2, 0.25) is 5.91 Å². The number of nitrogens with zero attached hydrogens (tertiary/aromatic N) is 1. The quantitative estimate of drug-likeness (QED) is 0.620. The van der Waals surface area contributed by atoms with Gasteiger partial charge in [-0.15, -0.1) is 0 Å². The van der Waals surface area contributed by atoms with Crippen LogP contribution in [0.1, 0.15) is 31.9 Å². The average molecular weight is 291 g/mol. The van der Waals surface area contributed by atoms with Crippen LogP contribution in [-0.4, -0.2) is 23.9 Å². The van der Waals surface area contributed by atoms with Gasteiger partial charge in [0.15, 0.2) is 0 Å². The zero-order valence-corrected chi connectivity index (χ0v) is 12.3. The van der Waals surface area contributed by atoms with Crippen LogP contribution >= 0.6 is 0 Å². The van der Waals surface area contributed by atoms with E-state index in [0.717, 1.165) is 18.7 Å². The number of nitro benzene ring substituents is 1. The molecule has 1 aliphatic rings. The van der Waals surface area contributed by atoms with Gasteiger partial charge in [-0.25, -0.2) is 0 Å². The van der Waals surface area contributed by atoms with E-state index in [9.17, 15) is 14.9 Å². The molecule has 1 amide bonds. The van der Waals surface area contributed by atoms with E-state index in [4.69, 9.17) is 0 Å². The van der Waals surface area contributed by atoms with Gasteiger partial charge in [0.1, 0.15) is 0 Å². The third-order valence-electron chi connectivity index (χ3n) is 4.14. The Morgan fingerprint density at radius 1 is 1.52 bits per heavy atom. The Bertz CT molecular complexity index is 529. The predicted octanol–water partition coefficient (Wildman–Crippen LogP) is 2.02. The molecule has 1 fully saturated rings. The Morgan fingerprint density at radius 3 is 2.76 bits per heavy atom. The van der Waals surface area contributed by atoms with Crippen molar-refractivity contribution < 1.29 is 9.72 Å². The molecule has 1 aromatic rings. The smallest absolute Gasteiger partial charge is 0.269 e. The standard InChI is InChI=1S/C15H21N3O3/c1-3-14(11-5-4-6-13(7-11)18(20)21)17-15(19)10(2)12-8-16-9-12/h4-7,10,12,14,16H,3,8-9H2,1-2H3,(H,17,19). The lowest BCUT2D eigenvalue weighted by atomic mass is 9.88. The van der Waals surface area contributed by atoms with Gasteiger partial charge in [-0.1, -0.05) is 26.0 Å². The van der Waals surface area contributed by atoms with E-state index in [-0.39, 0.29) is 23.6 Å². The second kappa shape index (κ2) is 6.67. The highest BCUT2D eigenvalue weighted by atomic mass is 16.6. The number of hydrogen-bond acceptors (Lipinski definition) is 4. The zero-order chi connectivity index (χ0) is 15.4. The summed E-state index contributed by atoms with van der Waals surface area (Å²) >= 11 is 0. The molecule has 1 heterocycles. The molecule has 21 heavy (non-hydrogen) atoms. The third kappa shape index (κ3) is 3.58. The first-order chi connectivity index (χ1) is 10.0. The second-order valence-electron chi connectivity index (χ2n) is 5.53. The number of carbonyl (C=O) groups is 1. The van der Waals surface area contributed by atoms with Crippen molar-refractivity contribution in [2.75, 3.05) is 13.1 Å². The Hall–Kier alpha value is -1.95. The highest BCUT2D eigenvalue weighted by Crippen LogP contribution is 2.23. The average Bonchev–Trinajstić information content (AvgIpc) is 2.42. The Kier molecular flexibility index (Phi) is 4.90. The molecule has 1 aliphatic heterocycles. The lowest BCUT2D eigenvalue weighted by Gasteiger charge is -2.32. The largest absolute Gasteiger partial charge is 0.349 e. The highest BCUT2D eigenvalue weighted by molar-refractivity contribution is 5.79. The number of hydrogen-bond donors (Lipinski definition) is 2. The Balaban J connectivity index is 2.06. The number of benzene rings is 1. The molecule has 6 heteroatoms. The minimum atomic E-state index is -0.416. The molecular formula is C15H21N3O3.